The van der Waals surface area contributed by atoms with E-state index in [1.807, 2.05) is 21.9 Å². The fourth-order valence-corrected chi connectivity index (χ4v) is 4.53. The van der Waals surface area contributed by atoms with Crippen LogP contribution < -0.4 is 0 Å². The summed E-state index contributed by atoms with van der Waals surface area (Å²) < 4.78 is 0. The lowest BCUT2D eigenvalue weighted by atomic mass is 9.88. The lowest BCUT2D eigenvalue weighted by molar-refractivity contribution is 0.0760. The van der Waals surface area contributed by atoms with Crippen molar-refractivity contribution in [1.29, 1.82) is 0 Å². The lowest BCUT2D eigenvalue weighted by Crippen LogP contribution is -2.42. The van der Waals surface area contributed by atoms with E-state index in [1.54, 1.807) is 31.3 Å². The minimum absolute atomic E-state index is 0.00864. The molecule has 1 aromatic carbocycles. The van der Waals surface area contributed by atoms with Crippen LogP contribution >= 0.6 is 0 Å². The van der Waals surface area contributed by atoms with E-state index in [4.69, 9.17) is 0 Å². The molecule has 2 saturated heterocycles. The van der Waals surface area contributed by atoms with E-state index in [0.717, 1.165) is 0 Å². The van der Waals surface area contributed by atoms with Gasteiger partial charge < -0.3 is 14.7 Å². The quantitative estimate of drug-likeness (QED) is 0.884. The van der Waals surface area contributed by atoms with Crippen LogP contribution in [-0.2, 0) is 0 Å². The molecule has 0 aliphatic carbocycles. The Kier molecular flexibility index (Phi) is 4.37. The van der Waals surface area contributed by atoms with Crippen LogP contribution in [0, 0.1) is 18.8 Å². The Labute approximate surface area is 158 Å². The van der Waals surface area contributed by atoms with Gasteiger partial charge in [0.1, 0.15) is 5.69 Å². The van der Waals surface area contributed by atoms with Gasteiger partial charge in [0.25, 0.3) is 5.91 Å². The fraction of sp³-hybridized carbons (Fsp3) is 0.450. The van der Waals surface area contributed by atoms with E-state index in [1.165, 1.54) is 11.1 Å². The van der Waals surface area contributed by atoms with Gasteiger partial charge in [-0.15, -0.1) is 0 Å². The van der Waals surface area contributed by atoms with Gasteiger partial charge in [-0.05, 0) is 24.1 Å². The number of aromatic amines is 1. The van der Waals surface area contributed by atoms with Gasteiger partial charge in [0.05, 0.1) is 6.04 Å². The number of aryl methyl sites for hydroxylation is 1. The van der Waals surface area contributed by atoms with Crippen molar-refractivity contribution in [2.75, 3.05) is 33.7 Å². The zero-order valence-electron chi connectivity index (χ0n) is 15.9. The van der Waals surface area contributed by atoms with Gasteiger partial charge in [-0.25, -0.2) is 4.79 Å². The first-order valence-electron chi connectivity index (χ1n) is 9.29. The molecule has 4 rings (SSSR count). The van der Waals surface area contributed by atoms with E-state index < -0.39 is 0 Å². The number of likely N-dealkylation sites (tertiary alicyclic amines) is 2. The first kappa shape index (κ1) is 17.6. The standard InChI is InChI=1S/C20H25N5O2/c1-13-6-4-5-7-15(13)18-16-12-24(19(26)17-8-9-21-22-17)10-14(16)11-25(18)20(27)23(2)3/h4-9,14,16,18H,10-12H2,1-3H3,(H,21,22)/t14-,16-,18+/m1/s1. The average Bonchev–Trinajstić information content (AvgIpc) is 3.37. The number of nitrogens with zero attached hydrogens (tertiary/aromatic N) is 4. The molecule has 0 bridgehead atoms. The van der Waals surface area contributed by atoms with Crippen molar-refractivity contribution in [2.45, 2.75) is 13.0 Å². The van der Waals surface area contributed by atoms with Crippen LogP contribution in [0.5, 0.6) is 0 Å². The molecular formula is C20H25N5O2. The van der Waals surface area contributed by atoms with E-state index >= 15 is 0 Å². The molecular weight excluding hydrogens is 342 g/mol. The van der Waals surface area contributed by atoms with E-state index in [2.05, 4.69) is 29.3 Å². The van der Waals surface area contributed by atoms with Gasteiger partial charge in [0, 0.05) is 51.8 Å². The van der Waals surface area contributed by atoms with Crippen molar-refractivity contribution in [2.24, 2.45) is 11.8 Å². The molecule has 0 spiro atoms. The van der Waals surface area contributed by atoms with Crippen molar-refractivity contribution < 1.29 is 9.59 Å². The average molecular weight is 367 g/mol. The number of carbonyl (C=O) groups is 2. The topological polar surface area (TPSA) is 72.5 Å². The van der Waals surface area contributed by atoms with Gasteiger partial charge >= 0.3 is 6.03 Å². The Balaban J connectivity index is 1.64. The molecule has 0 radical (unpaired) electrons. The van der Waals surface area contributed by atoms with Crippen LogP contribution in [0.15, 0.2) is 36.5 Å². The van der Waals surface area contributed by atoms with Crippen LogP contribution in [0.25, 0.3) is 0 Å². The highest BCUT2D eigenvalue weighted by molar-refractivity contribution is 5.92. The first-order chi connectivity index (χ1) is 13.0. The third-order valence-corrected chi connectivity index (χ3v) is 5.82. The summed E-state index contributed by atoms with van der Waals surface area (Å²) in [5.41, 5.74) is 2.87. The predicted molar refractivity (Wildman–Crippen MR) is 101 cm³/mol. The van der Waals surface area contributed by atoms with Gasteiger partial charge in [0.15, 0.2) is 0 Å². The summed E-state index contributed by atoms with van der Waals surface area (Å²) in [7, 11) is 3.58. The lowest BCUT2D eigenvalue weighted by Gasteiger charge is -2.32. The van der Waals surface area contributed by atoms with Gasteiger partial charge in [-0.3, -0.25) is 9.89 Å². The molecule has 2 aliphatic rings. The van der Waals surface area contributed by atoms with Crippen molar-refractivity contribution in [3.05, 3.63) is 53.3 Å². The molecule has 0 saturated carbocycles. The Hall–Kier alpha value is -2.83. The maximum atomic E-state index is 12.8. The van der Waals surface area contributed by atoms with Crippen LogP contribution in [0.4, 0.5) is 4.79 Å². The highest BCUT2D eigenvalue weighted by Crippen LogP contribution is 2.46. The molecule has 7 nitrogen and oxygen atoms in total. The summed E-state index contributed by atoms with van der Waals surface area (Å²) in [4.78, 5) is 31.1. The molecule has 27 heavy (non-hydrogen) atoms. The largest absolute Gasteiger partial charge is 0.337 e. The Morgan fingerprint density at radius 2 is 1.93 bits per heavy atom. The van der Waals surface area contributed by atoms with Crippen LogP contribution in [0.3, 0.4) is 0 Å². The zero-order chi connectivity index (χ0) is 19.1. The number of rotatable bonds is 2. The summed E-state index contributed by atoms with van der Waals surface area (Å²) >= 11 is 0. The zero-order valence-corrected chi connectivity index (χ0v) is 15.9. The normalized spacial score (nSPS) is 24.2. The number of H-pyrrole nitrogens is 1. The van der Waals surface area contributed by atoms with Crippen LogP contribution in [0.2, 0.25) is 0 Å². The molecule has 2 aromatic rings. The predicted octanol–water partition coefficient (Wildman–Crippen LogP) is 2.14. The number of hydrogen-bond acceptors (Lipinski definition) is 3. The minimum Gasteiger partial charge on any atom is -0.337 e. The monoisotopic (exact) mass is 367 g/mol. The number of fused-ring (bicyclic) bond motifs is 1. The highest BCUT2D eigenvalue weighted by Gasteiger charge is 2.50. The smallest absolute Gasteiger partial charge is 0.320 e. The van der Waals surface area contributed by atoms with Crippen molar-refractivity contribution in [1.82, 2.24) is 24.9 Å². The maximum Gasteiger partial charge on any atom is 0.320 e. The molecule has 2 aliphatic heterocycles. The molecule has 1 aromatic heterocycles. The van der Waals surface area contributed by atoms with Crippen molar-refractivity contribution >= 4 is 11.9 Å². The highest BCUT2D eigenvalue weighted by atomic mass is 16.2. The van der Waals surface area contributed by atoms with Gasteiger partial charge in [-0.2, -0.15) is 5.10 Å². The molecule has 7 heteroatoms. The Morgan fingerprint density at radius 1 is 1.15 bits per heavy atom. The van der Waals surface area contributed by atoms with E-state index in [9.17, 15) is 9.59 Å². The summed E-state index contributed by atoms with van der Waals surface area (Å²) in [6, 6.07) is 9.97. The summed E-state index contributed by atoms with van der Waals surface area (Å²) in [6.07, 6.45) is 1.59. The molecule has 0 unspecified atom stereocenters. The Bertz CT molecular complexity index is 848. The number of nitrogens with one attached hydrogen (secondary N) is 1. The Morgan fingerprint density at radius 3 is 2.59 bits per heavy atom. The number of amides is 3. The number of urea groups is 1. The molecule has 3 atom stereocenters. The van der Waals surface area contributed by atoms with Crippen molar-refractivity contribution in [3.63, 3.8) is 0 Å². The number of carbonyl (C=O) groups excluding carboxylic acids is 2. The van der Waals surface area contributed by atoms with E-state index in [0.29, 0.717) is 25.3 Å². The SMILES string of the molecule is Cc1ccccc1[C@H]1[C@@H]2CN(C(=O)c3ccn[nH]3)C[C@@H]2CN1C(=O)N(C)C. The summed E-state index contributed by atoms with van der Waals surface area (Å²) in [5.74, 6) is 0.503. The second-order valence-electron chi connectivity index (χ2n) is 7.74. The van der Waals surface area contributed by atoms with Crippen LogP contribution in [0.1, 0.15) is 27.7 Å². The van der Waals surface area contributed by atoms with Gasteiger partial charge in [-0.1, -0.05) is 24.3 Å². The number of benzene rings is 1. The minimum atomic E-state index is -0.0177. The van der Waals surface area contributed by atoms with Gasteiger partial charge in [0.2, 0.25) is 0 Å². The first-order valence-corrected chi connectivity index (χ1v) is 9.29. The molecule has 2 fully saturated rings. The van der Waals surface area contributed by atoms with Crippen molar-refractivity contribution in [3.8, 4) is 0 Å². The number of hydrogen-bond donors (Lipinski definition) is 1. The van der Waals surface area contributed by atoms with Crippen LogP contribution in [-0.4, -0.2) is 70.6 Å². The fourth-order valence-electron chi connectivity index (χ4n) is 4.53. The molecule has 1 N–H and O–H groups in total. The molecule has 3 heterocycles. The number of aromatic nitrogens is 2. The molecule has 3 amide bonds. The third kappa shape index (κ3) is 2.97. The summed E-state index contributed by atoms with van der Waals surface area (Å²) in [6.45, 7) is 4.08. The second kappa shape index (κ2) is 6.72. The summed E-state index contributed by atoms with van der Waals surface area (Å²) in [5, 5.41) is 6.65. The second-order valence-corrected chi connectivity index (χ2v) is 7.74. The molecule has 142 valence electrons. The maximum absolute atomic E-state index is 12.8. The third-order valence-electron chi connectivity index (χ3n) is 5.82. The van der Waals surface area contributed by atoms with E-state index in [-0.39, 0.29) is 29.8 Å².